The van der Waals surface area contributed by atoms with Crippen molar-refractivity contribution in [2.24, 2.45) is 5.92 Å². The first kappa shape index (κ1) is 19.5. The fraction of sp³-hybridized carbons (Fsp3) is 0.619. The van der Waals surface area contributed by atoms with Gasteiger partial charge in [-0.25, -0.2) is 0 Å². The monoisotopic (exact) mass is 344 g/mol. The predicted octanol–water partition coefficient (Wildman–Crippen LogP) is 4.52. The molecule has 0 unspecified atom stereocenters. The molecule has 0 spiro atoms. The molecule has 1 saturated heterocycles. The average molecular weight is 344 g/mol. The molecule has 1 aromatic carbocycles. The first-order valence-corrected chi connectivity index (χ1v) is 9.50. The molecule has 0 aliphatic carbocycles. The summed E-state index contributed by atoms with van der Waals surface area (Å²) in [5.41, 5.74) is 3.13. The van der Waals surface area contributed by atoms with E-state index < -0.39 is 0 Å². The second-order valence-corrected chi connectivity index (χ2v) is 7.91. The molecule has 2 amide bonds. The van der Waals surface area contributed by atoms with Crippen LogP contribution in [-0.4, -0.2) is 29.8 Å². The lowest BCUT2D eigenvalue weighted by Gasteiger charge is -2.30. The van der Waals surface area contributed by atoms with Crippen molar-refractivity contribution < 1.29 is 9.59 Å². The molecular weight excluding hydrogens is 312 g/mol. The number of para-hydroxylation sites is 1. The number of piperidine rings is 1. The fourth-order valence-corrected chi connectivity index (χ4v) is 3.39. The molecular formula is C21H32N2O2. The molecule has 1 aromatic rings. The molecule has 0 saturated carbocycles. The zero-order valence-corrected chi connectivity index (χ0v) is 16.3. The van der Waals surface area contributed by atoms with Gasteiger partial charge in [-0.05, 0) is 41.7 Å². The fourth-order valence-electron chi connectivity index (χ4n) is 3.39. The smallest absolute Gasteiger partial charge is 0.233 e. The summed E-state index contributed by atoms with van der Waals surface area (Å²) in [5.74, 6) is 1.03. The normalized spacial score (nSPS) is 15.7. The minimum atomic E-state index is -0.210. The first-order valence-electron chi connectivity index (χ1n) is 9.50. The van der Waals surface area contributed by atoms with Crippen LogP contribution in [0.25, 0.3) is 0 Å². The maximum Gasteiger partial charge on any atom is 0.233 e. The molecule has 25 heavy (non-hydrogen) atoms. The van der Waals surface area contributed by atoms with Crippen molar-refractivity contribution in [3.05, 3.63) is 29.3 Å². The summed E-state index contributed by atoms with van der Waals surface area (Å²) in [4.78, 5) is 26.8. The van der Waals surface area contributed by atoms with E-state index in [-0.39, 0.29) is 18.2 Å². The van der Waals surface area contributed by atoms with Gasteiger partial charge in [0, 0.05) is 18.8 Å². The van der Waals surface area contributed by atoms with Crippen LogP contribution in [0.1, 0.15) is 76.8 Å². The van der Waals surface area contributed by atoms with Crippen LogP contribution in [0.4, 0.5) is 5.69 Å². The first-order chi connectivity index (χ1) is 11.8. The molecule has 1 N–H and O–H groups in total. The zero-order chi connectivity index (χ0) is 18.6. The van der Waals surface area contributed by atoms with Crippen LogP contribution in [0.15, 0.2) is 18.2 Å². The van der Waals surface area contributed by atoms with Gasteiger partial charge < -0.3 is 10.2 Å². The lowest BCUT2D eigenvalue weighted by molar-refractivity contribution is -0.135. The minimum absolute atomic E-state index is 0.0578. The molecule has 1 aliphatic rings. The van der Waals surface area contributed by atoms with Crippen molar-refractivity contribution in [2.45, 2.75) is 65.7 Å². The van der Waals surface area contributed by atoms with Gasteiger partial charge in [0.1, 0.15) is 6.42 Å². The van der Waals surface area contributed by atoms with E-state index in [0.717, 1.165) is 42.7 Å². The van der Waals surface area contributed by atoms with E-state index in [9.17, 15) is 9.59 Å². The summed E-state index contributed by atoms with van der Waals surface area (Å²) < 4.78 is 0. The SMILES string of the molecule is CC1CCN(C(=O)CC(=O)Nc2c(C(C)C)cccc2C(C)C)CC1. The average Bonchev–Trinajstić information content (AvgIpc) is 2.54. The van der Waals surface area contributed by atoms with E-state index in [1.54, 1.807) is 0 Å². The highest BCUT2D eigenvalue weighted by atomic mass is 16.2. The van der Waals surface area contributed by atoms with Crippen LogP contribution < -0.4 is 5.32 Å². The Labute approximate surface area is 152 Å². The highest BCUT2D eigenvalue weighted by Gasteiger charge is 2.23. The number of rotatable bonds is 5. The number of anilines is 1. The summed E-state index contributed by atoms with van der Waals surface area (Å²) in [6, 6.07) is 6.15. The van der Waals surface area contributed by atoms with Crippen LogP contribution in [0.2, 0.25) is 0 Å². The molecule has 0 aromatic heterocycles. The number of nitrogens with one attached hydrogen (secondary N) is 1. The Hall–Kier alpha value is -1.84. The van der Waals surface area contributed by atoms with Crippen molar-refractivity contribution in [3.63, 3.8) is 0 Å². The molecule has 0 bridgehead atoms. The Balaban J connectivity index is 2.08. The number of amides is 2. The molecule has 1 aliphatic heterocycles. The van der Waals surface area contributed by atoms with Crippen LogP contribution in [-0.2, 0) is 9.59 Å². The Morgan fingerprint density at radius 2 is 1.60 bits per heavy atom. The van der Waals surface area contributed by atoms with E-state index in [1.807, 2.05) is 11.0 Å². The summed E-state index contributed by atoms with van der Waals surface area (Å²) >= 11 is 0. The van der Waals surface area contributed by atoms with Gasteiger partial charge in [-0.15, -0.1) is 0 Å². The highest BCUT2D eigenvalue weighted by molar-refractivity contribution is 6.04. The minimum Gasteiger partial charge on any atom is -0.342 e. The molecule has 1 heterocycles. The molecule has 4 nitrogen and oxygen atoms in total. The summed E-state index contributed by atoms with van der Waals surface area (Å²) in [6.45, 7) is 12.2. The Kier molecular flexibility index (Phi) is 6.63. The predicted molar refractivity (Wildman–Crippen MR) is 103 cm³/mol. The largest absolute Gasteiger partial charge is 0.342 e. The second-order valence-electron chi connectivity index (χ2n) is 7.91. The van der Waals surface area contributed by atoms with Gasteiger partial charge in [0.15, 0.2) is 0 Å². The van der Waals surface area contributed by atoms with Crippen molar-refractivity contribution in [3.8, 4) is 0 Å². The van der Waals surface area contributed by atoms with Crippen molar-refractivity contribution in [2.75, 3.05) is 18.4 Å². The summed E-state index contributed by atoms with van der Waals surface area (Å²) in [6.07, 6.45) is 1.99. The number of nitrogens with zero attached hydrogens (tertiary/aromatic N) is 1. The van der Waals surface area contributed by atoms with Gasteiger partial charge in [0.05, 0.1) is 0 Å². The quantitative estimate of drug-likeness (QED) is 0.798. The van der Waals surface area contributed by atoms with Gasteiger partial charge in [0.2, 0.25) is 11.8 Å². The van der Waals surface area contributed by atoms with E-state index in [0.29, 0.717) is 17.8 Å². The standard InChI is InChI=1S/C21H32N2O2/c1-14(2)17-7-6-8-18(15(3)4)21(17)22-19(24)13-20(25)23-11-9-16(5)10-12-23/h6-8,14-16H,9-13H2,1-5H3,(H,22,24). The third-order valence-corrected chi connectivity index (χ3v) is 5.09. The third kappa shape index (κ3) is 5.07. The number of benzene rings is 1. The Morgan fingerprint density at radius 3 is 2.08 bits per heavy atom. The zero-order valence-electron chi connectivity index (χ0n) is 16.3. The maximum atomic E-state index is 12.5. The third-order valence-electron chi connectivity index (χ3n) is 5.09. The van der Waals surface area contributed by atoms with Crippen LogP contribution in [0.3, 0.4) is 0 Å². The Bertz CT molecular complexity index is 588. The van der Waals surface area contributed by atoms with Gasteiger partial charge in [-0.3, -0.25) is 9.59 Å². The molecule has 0 radical (unpaired) electrons. The van der Waals surface area contributed by atoms with E-state index >= 15 is 0 Å². The second kappa shape index (κ2) is 8.50. The molecule has 1 fully saturated rings. The topological polar surface area (TPSA) is 49.4 Å². The number of likely N-dealkylation sites (tertiary alicyclic amines) is 1. The van der Waals surface area contributed by atoms with Gasteiger partial charge in [0.25, 0.3) is 0 Å². The number of carbonyl (C=O) groups is 2. The lowest BCUT2D eigenvalue weighted by Crippen LogP contribution is -2.39. The van der Waals surface area contributed by atoms with Crippen LogP contribution in [0.5, 0.6) is 0 Å². The highest BCUT2D eigenvalue weighted by Crippen LogP contribution is 2.32. The number of hydrogen-bond acceptors (Lipinski definition) is 2. The molecule has 4 heteroatoms. The van der Waals surface area contributed by atoms with Crippen molar-refractivity contribution >= 4 is 17.5 Å². The summed E-state index contributed by atoms with van der Waals surface area (Å²) in [5, 5.41) is 3.03. The maximum absolute atomic E-state index is 12.5. The van der Waals surface area contributed by atoms with Gasteiger partial charge >= 0.3 is 0 Å². The number of carbonyl (C=O) groups excluding carboxylic acids is 2. The van der Waals surface area contributed by atoms with E-state index in [4.69, 9.17) is 0 Å². The van der Waals surface area contributed by atoms with Crippen LogP contribution >= 0.6 is 0 Å². The van der Waals surface area contributed by atoms with Gasteiger partial charge in [-0.2, -0.15) is 0 Å². The molecule has 2 rings (SSSR count). The van der Waals surface area contributed by atoms with Crippen LogP contribution in [0, 0.1) is 5.92 Å². The summed E-state index contributed by atoms with van der Waals surface area (Å²) in [7, 11) is 0. The lowest BCUT2D eigenvalue weighted by atomic mass is 9.92. The van der Waals surface area contributed by atoms with Gasteiger partial charge in [-0.1, -0.05) is 52.8 Å². The Morgan fingerprint density at radius 1 is 1.08 bits per heavy atom. The van der Waals surface area contributed by atoms with E-state index in [2.05, 4.69) is 52.1 Å². The molecule has 0 atom stereocenters. The van der Waals surface area contributed by atoms with Crippen molar-refractivity contribution in [1.29, 1.82) is 0 Å². The van der Waals surface area contributed by atoms with Crippen molar-refractivity contribution in [1.82, 2.24) is 4.90 Å². The van der Waals surface area contributed by atoms with E-state index in [1.165, 1.54) is 0 Å². The number of hydrogen-bond donors (Lipinski definition) is 1. The molecule has 138 valence electrons.